The van der Waals surface area contributed by atoms with E-state index >= 15 is 0 Å². The number of halogens is 2. The molecule has 5 nitrogen and oxygen atoms in total. The summed E-state index contributed by atoms with van der Waals surface area (Å²) < 4.78 is 27.8. The Bertz CT molecular complexity index is 623. The van der Waals surface area contributed by atoms with Crippen LogP contribution in [0.2, 0.25) is 0 Å². The molecule has 1 N–H and O–H groups in total. The minimum atomic E-state index is -2.57. The van der Waals surface area contributed by atoms with Crippen LogP contribution in [-0.2, 0) is 0 Å². The Labute approximate surface area is 101 Å². The average molecular weight is 254 g/mol. The van der Waals surface area contributed by atoms with Crippen LogP contribution in [0.3, 0.4) is 0 Å². The van der Waals surface area contributed by atoms with Crippen LogP contribution >= 0.6 is 0 Å². The molecular weight excluding hydrogens is 242 g/mol. The molecule has 0 aromatic carbocycles. The molecule has 2 heterocycles. The van der Waals surface area contributed by atoms with Crippen LogP contribution in [0.1, 0.15) is 31.7 Å². The number of nitrogens with one attached hydrogen (secondary N) is 1. The average Bonchev–Trinajstić information content (AvgIpc) is 2.74. The highest BCUT2D eigenvalue weighted by atomic mass is 19.3. The third kappa shape index (κ3) is 1.79. The fourth-order valence-electron chi connectivity index (χ4n) is 2.41. The lowest BCUT2D eigenvalue weighted by molar-refractivity contribution is -0.0446. The van der Waals surface area contributed by atoms with Crippen molar-refractivity contribution in [2.45, 2.75) is 37.6 Å². The van der Waals surface area contributed by atoms with Crippen LogP contribution in [0.4, 0.5) is 8.78 Å². The molecule has 0 unspecified atom stereocenters. The van der Waals surface area contributed by atoms with Crippen LogP contribution in [0.25, 0.3) is 11.0 Å². The molecule has 1 fully saturated rings. The molecule has 1 aliphatic rings. The second kappa shape index (κ2) is 3.86. The number of aromatic nitrogens is 4. The van der Waals surface area contributed by atoms with Crippen LogP contribution < -0.4 is 5.56 Å². The van der Waals surface area contributed by atoms with E-state index in [0.717, 1.165) is 0 Å². The molecule has 7 heteroatoms. The van der Waals surface area contributed by atoms with Crippen LogP contribution in [0, 0.1) is 0 Å². The molecule has 1 aliphatic carbocycles. The number of nitrogens with zero attached hydrogens (tertiary/aromatic N) is 3. The largest absolute Gasteiger partial charge is 0.312 e. The Morgan fingerprint density at radius 1 is 1.39 bits per heavy atom. The molecule has 0 amide bonds. The van der Waals surface area contributed by atoms with Gasteiger partial charge in [0.15, 0.2) is 5.65 Å². The van der Waals surface area contributed by atoms with Gasteiger partial charge >= 0.3 is 0 Å². The third-order valence-electron chi connectivity index (χ3n) is 3.43. The maximum absolute atomic E-state index is 13.1. The molecule has 3 rings (SSSR count). The zero-order chi connectivity index (χ0) is 12.8. The summed E-state index contributed by atoms with van der Waals surface area (Å²) in [6.07, 6.45) is 3.19. The summed E-state index contributed by atoms with van der Waals surface area (Å²) >= 11 is 0. The van der Waals surface area contributed by atoms with Crippen molar-refractivity contribution in [3.05, 3.63) is 22.9 Å². The lowest BCUT2D eigenvalue weighted by Gasteiger charge is -2.28. The van der Waals surface area contributed by atoms with E-state index in [1.807, 2.05) is 0 Å². The smallest absolute Gasteiger partial charge is 0.261 e. The molecule has 0 saturated heterocycles. The summed E-state index contributed by atoms with van der Waals surface area (Å²) in [5, 5.41) is 4.51. The number of hydrogen-bond donors (Lipinski definition) is 1. The van der Waals surface area contributed by atoms with Crippen LogP contribution in [0.15, 0.2) is 17.3 Å². The summed E-state index contributed by atoms with van der Waals surface area (Å²) in [4.78, 5) is 18.0. The minimum Gasteiger partial charge on any atom is -0.312 e. The molecular formula is C11H12F2N4O. The first-order valence-electron chi connectivity index (χ1n) is 5.85. The van der Waals surface area contributed by atoms with E-state index in [1.54, 1.807) is 4.68 Å². The lowest BCUT2D eigenvalue weighted by atomic mass is 9.92. The normalized spacial score (nSPS) is 20.3. The molecule has 1 saturated carbocycles. The molecule has 0 bridgehead atoms. The number of alkyl halides is 2. The first-order chi connectivity index (χ1) is 8.57. The maximum Gasteiger partial charge on any atom is 0.261 e. The van der Waals surface area contributed by atoms with E-state index in [9.17, 15) is 13.6 Å². The molecule has 96 valence electrons. The Kier molecular flexibility index (Phi) is 2.42. The number of rotatable bonds is 1. The lowest BCUT2D eigenvalue weighted by Crippen LogP contribution is -2.27. The molecule has 0 atom stereocenters. The minimum absolute atomic E-state index is 0.101. The fourth-order valence-corrected chi connectivity index (χ4v) is 2.41. The van der Waals surface area contributed by atoms with Gasteiger partial charge in [-0.1, -0.05) is 0 Å². The second-order valence-electron chi connectivity index (χ2n) is 4.65. The predicted molar refractivity (Wildman–Crippen MR) is 60.6 cm³/mol. The quantitative estimate of drug-likeness (QED) is 0.845. The zero-order valence-corrected chi connectivity index (χ0v) is 9.57. The topological polar surface area (TPSA) is 63.6 Å². The van der Waals surface area contributed by atoms with E-state index in [-0.39, 0.29) is 24.4 Å². The van der Waals surface area contributed by atoms with Crippen LogP contribution in [0.5, 0.6) is 0 Å². The maximum atomic E-state index is 13.1. The Balaban J connectivity index is 1.96. The van der Waals surface area contributed by atoms with Crippen molar-refractivity contribution >= 4 is 11.0 Å². The molecule has 0 radical (unpaired) electrons. The van der Waals surface area contributed by atoms with Gasteiger partial charge in [0.1, 0.15) is 5.39 Å². The van der Waals surface area contributed by atoms with Crippen molar-refractivity contribution in [2.75, 3.05) is 0 Å². The van der Waals surface area contributed by atoms with Gasteiger partial charge < -0.3 is 4.98 Å². The van der Waals surface area contributed by atoms with Crippen molar-refractivity contribution in [1.82, 2.24) is 19.7 Å². The Morgan fingerprint density at radius 3 is 2.83 bits per heavy atom. The highest BCUT2D eigenvalue weighted by Gasteiger charge is 2.36. The first kappa shape index (κ1) is 11.3. The molecule has 0 spiro atoms. The highest BCUT2D eigenvalue weighted by molar-refractivity contribution is 5.72. The summed E-state index contributed by atoms with van der Waals surface area (Å²) in [5.41, 5.74) is 0.210. The van der Waals surface area contributed by atoms with Gasteiger partial charge in [-0.25, -0.2) is 18.4 Å². The van der Waals surface area contributed by atoms with E-state index in [2.05, 4.69) is 15.1 Å². The van der Waals surface area contributed by atoms with Gasteiger partial charge in [-0.2, -0.15) is 5.10 Å². The Hall–Kier alpha value is -1.79. The van der Waals surface area contributed by atoms with E-state index < -0.39 is 5.92 Å². The SMILES string of the molecule is O=c1[nH]cnc2c1cnn2C1CCC(F)(F)CC1. The highest BCUT2D eigenvalue weighted by Crippen LogP contribution is 2.38. The van der Waals surface area contributed by atoms with Gasteiger partial charge in [-0.15, -0.1) is 0 Å². The number of fused-ring (bicyclic) bond motifs is 1. The standard InChI is InChI=1S/C11H12F2N4O/c12-11(13)3-1-7(2-4-11)17-9-8(5-16-17)10(18)15-6-14-9/h5-7H,1-4H2,(H,14,15,18). The van der Waals surface area contributed by atoms with Crippen molar-refractivity contribution in [1.29, 1.82) is 0 Å². The van der Waals surface area contributed by atoms with Crippen molar-refractivity contribution in [2.24, 2.45) is 0 Å². The fraction of sp³-hybridized carbons (Fsp3) is 0.545. The van der Waals surface area contributed by atoms with E-state index in [4.69, 9.17) is 0 Å². The number of H-pyrrole nitrogens is 1. The van der Waals surface area contributed by atoms with Gasteiger partial charge in [-0.3, -0.25) is 4.79 Å². The molecule has 2 aromatic rings. The van der Waals surface area contributed by atoms with Gasteiger partial charge in [0.05, 0.1) is 18.6 Å². The van der Waals surface area contributed by atoms with Gasteiger partial charge in [0, 0.05) is 12.8 Å². The second-order valence-corrected chi connectivity index (χ2v) is 4.65. The monoisotopic (exact) mass is 254 g/mol. The van der Waals surface area contributed by atoms with Crippen molar-refractivity contribution in [3.63, 3.8) is 0 Å². The molecule has 0 aliphatic heterocycles. The summed E-state index contributed by atoms with van der Waals surface area (Å²) in [5.74, 6) is -2.57. The van der Waals surface area contributed by atoms with Crippen molar-refractivity contribution in [3.8, 4) is 0 Å². The third-order valence-corrected chi connectivity index (χ3v) is 3.43. The summed E-state index contributed by atoms with van der Waals surface area (Å²) in [7, 11) is 0. The number of aromatic amines is 1. The van der Waals surface area contributed by atoms with Crippen LogP contribution in [-0.4, -0.2) is 25.7 Å². The number of hydrogen-bond acceptors (Lipinski definition) is 3. The van der Waals surface area contributed by atoms with Gasteiger partial charge in [0.25, 0.3) is 5.56 Å². The first-order valence-corrected chi connectivity index (χ1v) is 5.85. The summed E-state index contributed by atoms with van der Waals surface area (Å²) in [6, 6.07) is -0.101. The van der Waals surface area contributed by atoms with E-state index in [0.29, 0.717) is 23.9 Å². The summed E-state index contributed by atoms with van der Waals surface area (Å²) in [6.45, 7) is 0. The predicted octanol–water partition coefficient (Wildman–Crippen LogP) is 1.87. The molecule has 2 aromatic heterocycles. The van der Waals surface area contributed by atoms with Gasteiger partial charge in [-0.05, 0) is 12.8 Å². The van der Waals surface area contributed by atoms with Gasteiger partial charge in [0.2, 0.25) is 5.92 Å². The molecule has 18 heavy (non-hydrogen) atoms. The Morgan fingerprint density at radius 2 is 2.11 bits per heavy atom. The van der Waals surface area contributed by atoms with E-state index in [1.165, 1.54) is 12.5 Å². The van der Waals surface area contributed by atoms with Crippen molar-refractivity contribution < 1.29 is 8.78 Å². The zero-order valence-electron chi connectivity index (χ0n) is 9.57.